The third-order valence-electron chi connectivity index (χ3n) is 6.04. The second-order valence-corrected chi connectivity index (χ2v) is 10.2. The minimum atomic E-state index is -5.22. The predicted octanol–water partition coefficient (Wildman–Crippen LogP) is 2.93. The van der Waals surface area contributed by atoms with Crippen LogP contribution in [-0.2, 0) is 10.0 Å². The molecule has 1 aliphatic heterocycles. The Morgan fingerprint density at radius 2 is 1.68 bits per heavy atom. The highest BCUT2D eigenvalue weighted by Gasteiger charge is 2.50. The second-order valence-electron chi connectivity index (χ2n) is 8.25. The van der Waals surface area contributed by atoms with Gasteiger partial charge in [0.2, 0.25) is 0 Å². The van der Waals surface area contributed by atoms with E-state index in [1.54, 1.807) is 7.05 Å². The first-order valence-corrected chi connectivity index (χ1v) is 11.5. The molecule has 2 fully saturated rings. The molecule has 6 nitrogen and oxygen atoms in total. The van der Waals surface area contributed by atoms with Gasteiger partial charge in [-0.2, -0.15) is 17.5 Å². The molecule has 0 unspecified atom stereocenters. The van der Waals surface area contributed by atoms with Crippen molar-refractivity contribution < 1.29 is 21.6 Å². The van der Waals surface area contributed by atoms with Gasteiger partial charge in [-0.05, 0) is 56.3 Å². The second kappa shape index (κ2) is 9.65. The number of guanidine groups is 1. The number of sulfonamides is 1. The maximum Gasteiger partial charge on any atom is 0.511 e. The quantitative estimate of drug-likeness (QED) is 0.524. The standard InChI is InChI=1S/C18H33F3N4O2S/c1-13(2)15-4-6-16(7-5-15)24-17(22-3)23-12-14-8-10-25(11-9-14)28(26,27)18(19,20)21/h13-16H,4-12H2,1-3H3,(H2,22,23,24). The first-order chi connectivity index (χ1) is 13.0. The molecule has 0 aromatic heterocycles. The Morgan fingerprint density at radius 1 is 1.11 bits per heavy atom. The Hall–Kier alpha value is -1.03. The Balaban J connectivity index is 1.74. The minimum Gasteiger partial charge on any atom is -0.356 e. The molecule has 0 amide bonds. The molecule has 1 aliphatic carbocycles. The van der Waals surface area contributed by atoms with Crippen LogP contribution >= 0.6 is 0 Å². The Kier molecular flexibility index (Phi) is 8.01. The molecule has 1 saturated carbocycles. The zero-order chi connectivity index (χ0) is 20.9. The van der Waals surface area contributed by atoms with Crippen LogP contribution in [0.3, 0.4) is 0 Å². The lowest BCUT2D eigenvalue weighted by Crippen LogP contribution is -2.49. The molecule has 164 valence electrons. The lowest BCUT2D eigenvalue weighted by Gasteiger charge is -2.33. The van der Waals surface area contributed by atoms with Crippen LogP contribution in [0.4, 0.5) is 13.2 Å². The lowest BCUT2D eigenvalue weighted by atomic mass is 9.80. The van der Waals surface area contributed by atoms with Crippen LogP contribution in [0.15, 0.2) is 4.99 Å². The average molecular weight is 427 g/mol. The molecule has 2 N–H and O–H groups in total. The summed E-state index contributed by atoms with van der Waals surface area (Å²) in [6, 6.07) is 0.389. The molecule has 0 radical (unpaired) electrons. The topological polar surface area (TPSA) is 73.8 Å². The van der Waals surface area contributed by atoms with E-state index in [2.05, 4.69) is 29.5 Å². The van der Waals surface area contributed by atoms with E-state index in [0.717, 1.165) is 18.8 Å². The molecule has 1 saturated heterocycles. The van der Waals surface area contributed by atoms with Crippen molar-refractivity contribution in [2.45, 2.75) is 63.9 Å². The average Bonchev–Trinajstić information content (AvgIpc) is 2.65. The first kappa shape index (κ1) is 23.3. The Labute approximate surface area is 166 Å². The lowest BCUT2D eigenvalue weighted by molar-refractivity contribution is -0.0496. The normalized spacial score (nSPS) is 26.5. The molecule has 28 heavy (non-hydrogen) atoms. The number of piperidine rings is 1. The third kappa shape index (κ3) is 5.98. The van der Waals surface area contributed by atoms with Crippen molar-refractivity contribution in [3.8, 4) is 0 Å². The summed E-state index contributed by atoms with van der Waals surface area (Å²) in [4.78, 5) is 4.25. The summed E-state index contributed by atoms with van der Waals surface area (Å²) in [5, 5.41) is 6.69. The van der Waals surface area contributed by atoms with Crippen LogP contribution in [0, 0.1) is 17.8 Å². The molecular formula is C18H33F3N4O2S. The fourth-order valence-corrected chi connectivity index (χ4v) is 5.04. The fourth-order valence-electron chi connectivity index (χ4n) is 4.06. The number of alkyl halides is 3. The predicted molar refractivity (Wildman–Crippen MR) is 104 cm³/mol. The van der Waals surface area contributed by atoms with Gasteiger partial charge < -0.3 is 10.6 Å². The van der Waals surface area contributed by atoms with Crippen molar-refractivity contribution in [3.63, 3.8) is 0 Å². The van der Waals surface area contributed by atoms with Gasteiger partial charge in [0.15, 0.2) is 5.96 Å². The highest BCUT2D eigenvalue weighted by Crippen LogP contribution is 2.31. The van der Waals surface area contributed by atoms with Crippen LogP contribution < -0.4 is 10.6 Å². The summed E-state index contributed by atoms with van der Waals surface area (Å²) in [5.41, 5.74) is -5.22. The van der Waals surface area contributed by atoms with Crippen LogP contribution in [-0.4, -0.2) is 56.9 Å². The number of hydrogen-bond donors (Lipinski definition) is 2. The third-order valence-corrected chi connectivity index (χ3v) is 7.67. The highest BCUT2D eigenvalue weighted by atomic mass is 32.2. The van der Waals surface area contributed by atoms with E-state index in [1.165, 1.54) is 12.8 Å². The minimum absolute atomic E-state index is 0.0978. The van der Waals surface area contributed by atoms with E-state index in [1.807, 2.05) is 0 Å². The number of rotatable bonds is 5. The summed E-state index contributed by atoms with van der Waals surface area (Å²) >= 11 is 0. The highest BCUT2D eigenvalue weighted by molar-refractivity contribution is 7.90. The molecular weight excluding hydrogens is 393 g/mol. The van der Waals surface area contributed by atoms with Gasteiger partial charge in [0.05, 0.1) is 0 Å². The van der Waals surface area contributed by atoms with Gasteiger partial charge >= 0.3 is 15.5 Å². The molecule has 0 aromatic rings. The van der Waals surface area contributed by atoms with E-state index in [9.17, 15) is 21.6 Å². The van der Waals surface area contributed by atoms with Crippen molar-refractivity contribution in [1.82, 2.24) is 14.9 Å². The fraction of sp³-hybridized carbons (Fsp3) is 0.944. The maximum atomic E-state index is 12.6. The number of nitrogens with one attached hydrogen (secondary N) is 2. The van der Waals surface area contributed by atoms with Gasteiger partial charge in [0.1, 0.15) is 0 Å². The number of hydrogen-bond acceptors (Lipinski definition) is 3. The van der Waals surface area contributed by atoms with E-state index in [4.69, 9.17) is 0 Å². The van der Waals surface area contributed by atoms with Gasteiger partial charge in [-0.3, -0.25) is 4.99 Å². The zero-order valence-corrected chi connectivity index (χ0v) is 17.7. The Morgan fingerprint density at radius 3 is 2.14 bits per heavy atom. The zero-order valence-electron chi connectivity index (χ0n) is 16.9. The van der Waals surface area contributed by atoms with Crippen LogP contribution in [0.2, 0.25) is 0 Å². The summed E-state index contributed by atoms with van der Waals surface area (Å²) < 4.78 is 61.4. The largest absolute Gasteiger partial charge is 0.511 e. The molecule has 1 heterocycles. The summed E-state index contributed by atoms with van der Waals surface area (Å²) in [6.07, 6.45) is 5.43. The van der Waals surface area contributed by atoms with Crippen molar-refractivity contribution in [1.29, 1.82) is 0 Å². The van der Waals surface area contributed by atoms with Crippen LogP contribution in [0.25, 0.3) is 0 Å². The Bertz CT molecular complexity index is 621. The van der Waals surface area contributed by atoms with Crippen LogP contribution in [0.5, 0.6) is 0 Å². The van der Waals surface area contributed by atoms with Crippen molar-refractivity contribution in [2.75, 3.05) is 26.7 Å². The van der Waals surface area contributed by atoms with Crippen molar-refractivity contribution in [3.05, 3.63) is 0 Å². The van der Waals surface area contributed by atoms with E-state index < -0.39 is 15.5 Å². The molecule has 10 heteroatoms. The van der Waals surface area contributed by atoms with Crippen molar-refractivity contribution >= 4 is 16.0 Å². The SMILES string of the molecule is CN=C(NCC1CCN(S(=O)(=O)C(F)(F)F)CC1)NC1CCC(C(C)C)CC1. The van der Waals surface area contributed by atoms with Gasteiger partial charge in [0, 0.05) is 32.7 Å². The number of nitrogens with zero attached hydrogens (tertiary/aromatic N) is 2. The van der Waals surface area contributed by atoms with Gasteiger partial charge in [0.25, 0.3) is 0 Å². The maximum absolute atomic E-state index is 12.6. The molecule has 2 rings (SSSR count). The first-order valence-electron chi connectivity index (χ1n) is 10.1. The molecule has 0 atom stereocenters. The van der Waals surface area contributed by atoms with E-state index >= 15 is 0 Å². The van der Waals surface area contributed by atoms with Gasteiger partial charge in [-0.1, -0.05) is 13.8 Å². The van der Waals surface area contributed by atoms with Crippen molar-refractivity contribution in [2.24, 2.45) is 22.7 Å². The molecule has 0 aromatic carbocycles. The number of halogens is 3. The number of aliphatic imine (C=N–C) groups is 1. The monoisotopic (exact) mass is 426 g/mol. The molecule has 0 bridgehead atoms. The molecule has 0 spiro atoms. The van der Waals surface area contributed by atoms with E-state index in [-0.39, 0.29) is 19.0 Å². The summed E-state index contributed by atoms with van der Waals surface area (Å²) in [6.45, 7) is 4.91. The van der Waals surface area contributed by atoms with E-state index in [0.29, 0.717) is 41.6 Å². The van der Waals surface area contributed by atoms with Crippen LogP contribution in [0.1, 0.15) is 52.4 Å². The smallest absolute Gasteiger partial charge is 0.356 e. The summed E-state index contributed by atoms with van der Waals surface area (Å²) in [7, 11) is -3.51. The van der Waals surface area contributed by atoms with Gasteiger partial charge in [-0.15, -0.1) is 0 Å². The van der Waals surface area contributed by atoms with Gasteiger partial charge in [-0.25, -0.2) is 8.42 Å². The summed E-state index contributed by atoms with van der Waals surface area (Å²) in [5.74, 6) is 2.32. The molecule has 2 aliphatic rings.